The van der Waals surface area contributed by atoms with Gasteiger partial charge < -0.3 is 10.2 Å². The second-order valence-corrected chi connectivity index (χ2v) is 8.74. The number of nitrogens with one attached hydrogen (secondary N) is 1. The van der Waals surface area contributed by atoms with Crippen molar-refractivity contribution < 1.29 is 9.72 Å². The zero-order valence-electron chi connectivity index (χ0n) is 18.9. The molecule has 1 unspecified atom stereocenters. The van der Waals surface area contributed by atoms with Crippen molar-refractivity contribution >= 4 is 28.9 Å². The normalized spacial score (nSPS) is 15.1. The maximum absolute atomic E-state index is 13.1. The molecule has 2 aromatic carbocycles. The van der Waals surface area contributed by atoms with Gasteiger partial charge >= 0.3 is 0 Å². The van der Waals surface area contributed by atoms with Gasteiger partial charge in [-0.05, 0) is 48.9 Å². The fourth-order valence-electron chi connectivity index (χ4n) is 4.02. The van der Waals surface area contributed by atoms with E-state index in [0.717, 1.165) is 25.3 Å². The molecule has 1 N–H and O–H groups in total. The number of pyridine rings is 1. The lowest BCUT2D eigenvalue weighted by molar-refractivity contribution is -0.384. The van der Waals surface area contributed by atoms with Crippen LogP contribution in [-0.2, 0) is 6.54 Å². The molecule has 1 aliphatic rings. The zero-order chi connectivity index (χ0) is 24.1. The molecule has 3 aromatic rings. The molecule has 1 aromatic heterocycles. The molecule has 1 fully saturated rings. The third-order valence-corrected chi connectivity index (χ3v) is 6.18. The number of nitro groups is 1. The largest absolute Gasteiger partial charge is 0.371 e. The SMILES string of the molecule is CC(Nc1ccc(C(=O)N2CCN(Cc3ccc(Cl)cc3)CC2)cc1[N+](=O)[O-])c1ccccn1. The Hall–Kier alpha value is -3.49. The van der Waals surface area contributed by atoms with Crippen molar-refractivity contribution in [2.45, 2.75) is 19.5 Å². The van der Waals surface area contributed by atoms with E-state index in [1.165, 1.54) is 11.6 Å². The number of hydrogen-bond acceptors (Lipinski definition) is 6. The molecule has 0 spiro atoms. The highest BCUT2D eigenvalue weighted by atomic mass is 35.5. The fraction of sp³-hybridized carbons (Fsp3) is 0.280. The molecule has 0 radical (unpaired) electrons. The molecule has 0 bridgehead atoms. The summed E-state index contributed by atoms with van der Waals surface area (Å²) < 4.78 is 0. The number of carbonyl (C=O) groups is 1. The summed E-state index contributed by atoms with van der Waals surface area (Å²) in [5.41, 5.74) is 2.48. The van der Waals surface area contributed by atoms with E-state index in [9.17, 15) is 14.9 Å². The quantitative estimate of drug-likeness (QED) is 0.387. The predicted octanol–water partition coefficient (Wildman–Crippen LogP) is 4.77. The van der Waals surface area contributed by atoms with E-state index in [0.29, 0.717) is 29.4 Å². The van der Waals surface area contributed by atoms with E-state index in [-0.39, 0.29) is 17.6 Å². The Kier molecular flexibility index (Phi) is 7.40. The van der Waals surface area contributed by atoms with Crippen molar-refractivity contribution in [3.8, 4) is 0 Å². The number of halogens is 1. The minimum Gasteiger partial charge on any atom is -0.371 e. The molecule has 0 saturated carbocycles. The molecule has 176 valence electrons. The average molecular weight is 480 g/mol. The Balaban J connectivity index is 1.40. The van der Waals surface area contributed by atoms with Gasteiger partial charge in [-0.1, -0.05) is 29.8 Å². The van der Waals surface area contributed by atoms with Crippen molar-refractivity contribution in [2.24, 2.45) is 0 Å². The van der Waals surface area contributed by atoms with Crippen molar-refractivity contribution in [2.75, 3.05) is 31.5 Å². The first-order valence-electron chi connectivity index (χ1n) is 11.1. The summed E-state index contributed by atoms with van der Waals surface area (Å²) in [5.74, 6) is -0.196. The van der Waals surface area contributed by atoms with Crippen LogP contribution in [-0.4, -0.2) is 51.8 Å². The van der Waals surface area contributed by atoms with Gasteiger partial charge in [-0.25, -0.2) is 0 Å². The molecule has 34 heavy (non-hydrogen) atoms. The van der Waals surface area contributed by atoms with E-state index in [4.69, 9.17) is 11.6 Å². The molecule has 2 heterocycles. The maximum Gasteiger partial charge on any atom is 0.293 e. The Labute approximate surface area is 203 Å². The summed E-state index contributed by atoms with van der Waals surface area (Å²) in [4.78, 5) is 32.7. The molecular formula is C25H26ClN5O3. The summed E-state index contributed by atoms with van der Waals surface area (Å²) in [5, 5.41) is 15.6. The number of benzene rings is 2. The molecule has 1 amide bonds. The third-order valence-electron chi connectivity index (χ3n) is 5.92. The standard InChI is InChI=1S/C25H26ClN5O3/c1-18(22-4-2-3-11-27-22)28-23-10-7-20(16-24(23)31(33)34)25(32)30-14-12-29(13-15-30)17-19-5-8-21(26)9-6-19/h2-11,16,18,28H,12-15,17H2,1H3. The molecule has 4 rings (SSSR count). The second kappa shape index (κ2) is 10.6. The Morgan fingerprint density at radius 1 is 1.12 bits per heavy atom. The van der Waals surface area contributed by atoms with E-state index in [2.05, 4.69) is 15.2 Å². The van der Waals surface area contributed by atoms with Crippen LogP contribution in [0.2, 0.25) is 5.02 Å². The van der Waals surface area contributed by atoms with Gasteiger partial charge in [-0.15, -0.1) is 0 Å². The second-order valence-electron chi connectivity index (χ2n) is 8.30. The van der Waals surface area contributed by atoms with Crippen LogP contribution in [0, 0.1) is 10.1 Å². The number of hydrogen-bond donors (Lipinski definition) is 1. The van der Waals surface area contributed by atoms with Crippen LogP contribution in [0.1, 0.15) is 34.6 Å². The van der Waals surface area contributed by atoms with Gasteiger partial charge in [0.2, 0.25) is 0 Å². The number of amides is 1. The first-order chi connectivity index (χ1) is 16.4. The number of aromatic nitrogens is 1. The van der Waals surface area contributed by atoms with Crippen molar-refractivity contribution in [3.05, 3.63) is 98.8 Å². The van der Waals surface area contributed by atoms with Crippen LogP contribution in [0.15, 0.2) is 66.9 Å². The van der Waals surface area contributed by atoms with Gasteiger partial charge in [0.15, 0.2) is 0 Å². The van der Waals surface area contributed by atoms with Gasteiger partial charge in [0.25, 0.3) is 11.6 Å². The number of anilines is 1. The minimum atomic E-state index is -0.464. The smallest absolute Gasteiger partial charge is 0.293 e. The molecular weight excluding hydrogens is 454 g/mol. The van der Waals surface area contributed by atoms with Crippen LogP contribution in [0.5, 0.6) is 0 Å². The minimum absolute atomic E-state index is 0.130. The van der Waals surface area contributed by atoms with Gasteiger partial charge in [0.1, 0.15) is 5.69 Å². The van der Waals surface area contributed by atoms with Gasteiger partial charge in [-0.3, -0.25) is 24.8 Å². The maximum atomic E-state index is 13.1. The highest BCUT2D eigenvalue weighted by molar-refractivity contribution is 6.30. The van der Waals surface area contributed by atoms with Crippen LogP contribution >= 0.6 is 11.6 Å². The average Bonchev–Trinajstić information content (AvgIpc) is 2.86. The first kappa shape index (κ1) is 23.7. The topological polar surface area (TPSA) is 91.6 Å². The van der Waals surface area contributed by atoms with Crippen LogP contribution in [0.3, 0.4) is 0 Å². The predicted molar refractivity (Wildman–Crippen MR) is 132 cm³/mol. The van der Waals surface area contributed by atoms with E-state index in [1.54, 1.807) is 23.2 Å². The van der Waals surface area contributed by atoms with E-state index >= 15 is 0 Å². The number of nitro benzene ring substituents is 1. The number of rotatable bonds is 7. The monoisotopic (exact) mass is 479 g/mol. The number of carbonyl (C=O) groups excluding carboxylic acids is 1. The van der Waals surface area contributed by atoms with Crippen LogP contribution in [0.25, 0.3) is 0 Å². The lowest BCUT2D eigenvalue weighted by atomic mass is 10.1. The summed E-state index contributed by atoms with van der Waals surface area (Å²) in [6.45, 7) is 5.28. The number of nitrogens with zero attached hydrogens (tertiary/aromatic N) is 4. The van der Waals surface area contributed by atoms with E-state index in [1.807, 2.05) is 49.4 Å². The molecule has 1 atom stereocenters. The van der Waals surface area contributed by atoms with Gasteiger partial charge in [-0.2, -0.15) is 0 Å². The molecule has 8 nitrogen and oxygen atoms in total. The molecule has 1 aliphatic heterocycles. The number of piperazine rings is 1. The lowest BCUT2D eigenvalue weighted by Gasteiger charge is -2.34. The molecule has 9 heteroatoms. The first-order valence-corrected chi connectivity index (χ1v) is 11.5. The van der Waals surface area contributed by atoms with E-state index < -0.39 is 4.92 Å². The fourth-order valence-corrected chi connectivity index (χ4v) is 4.14. The Morgan fingerprint density at radius 2 is 1.85 bits per heavy atom. The molecule has 1 saturated heterocycles. The van der Waals surface area contributed by atoms with Crippen molar-refractivity contribution in [3.63, 3.8) is 0 Å². The van der Waals surface area contributed by atoms with Crippen LogP contribution in [0.4, 0.5) is 11.4 Å². The molecule has 0 aliphatic carbocycles. The third kappa shape index (κ3) is 5.70. The highest BCUT2D eigenvalue weighted by Gasteiger charge is 2.25. The lowest BCUT2D eigenvalue weighted by Crippen LogP contribution is -2.48. The summed E-state index contributed by atoms with van der Waals surface area (Å²) in [6.07, 6.45) is 1.68. The van der Waals surface area contributed by atoms with Gasteiger partial charge in [0.05, 0.1) is 16.7 Å². The van der Waals surface area contributed by atoms with Crippen LogP contribution < -0.4 is 5.32 Å². The summed E-state index contributed by atoms with van der Waals surface area (Å²) in [6, 6.07) is 17.7. The van der Waals surface area contributed by atoms with Gasteiger partial charge in [0, 0.05) is 55.6 Å². The summed E-state index contributed by atoms with van der Waals surface area (Å²) >= 11 is 5.95. The van der Waals surface area contributed by atoms with Crippen molar-refractivity contribution in [1.29, 1.82) is 0 Å². The van der Waals surface area contributed by atoms with Crippen molar-refractivity contribution in [1.82, 2.24) is 14.8 Å². The zero-order valence-corrected chi connectivity index (χ0v) is 19.6. The Morgan fingerprint density at radius 3 is 2.50 bits per heavy atom. The highest BCUT2D eigenvalue weighted by Crippen LogP contribution is 2.29. The summed E-state index contributed by atoms with van der Waals surface area (Å²) in [7, 11) is 0. The Bertz CT molecular complexity index is 1150.